The molecule has 1 amide bonds. The SMILES string of the molecule is CC(C)c1nc(C(=O)NCCCN2CCCC2)n[nH]1. The van der Waals surface area contributed by atoms with Crippen molar-refractivity contribution in [1.29, 1.82) is 0 Å². The molecule has 1 saturated heterocycles. The monoisotopic (exact) mass is 265 g/mol. The van der Waals surface area contributed by atoms with Crippen LogP contribution in [-0.2, 0) is 0 Å². The Labute approximate surface area is 114 Å². The number of aromatic nitrogens is 3. The molecule has 2 heterocycles. The minimum Gasteiger partial charge on any atom is -0.349 e. The molecule has 0 radical (unpaired) electrons. The summed E-state index contributed by atoms with van der Waals surface area (Å²) in [5.41, 5.74) is 0. The lowest BCUT2D eigenvalue weighted by Gasteiger charge is -2.13. The molecule has 1 aliphatic rings. The molecule has 0 aromatic carbocycles. The summed E-state index contributed by atoms with van der Waals surface area (Å²) in [6, 6.07) is 0. The maximum absolute atomic E-state index is 11.8. The quantitative estimate of drug-likeness (QED) is 0.757. The highest BCUT2D eigenvalue weighted by atomic mass is 16.2. The van der Waals surface area contributed by atoms with E-state index in [1.807, 2.05) is 13.8 Å². The first kappa shape index (κ1) is 14.0. The lowest BCUT2D eigenvalue weighted by atomic mass is 10.2. The zero-order chi connectivity index (χ0) is 13.7. The molecule has 0 atom stereocenters. The Bertz CT molecular complexity index is 409. The van der Waals surface area contributed by atoms with Crippen molar-refractivity contribution < 1.29 is 4.79 Å². The van der Waals surface area contributed by atoms with Crippen LogP contribution in [0.1, 0.15) is 55.5 Å². The van der Waals surface area contributed by atoms with Gasteiger partial charge in [-0.25, -0.2) is 4.98 Å². The molecule has 0 aliphatic carbocycles. The van der Waals surface area contributed by atoms with Gasteiger partial charge in [0.25, 0.3) is 5.91 Å². The molecule has 0 bridgehead atoms. The molecule has 2 rings (SSSR count). The van der Waals surface area contributed by atoms with Crippen LogP contribution in [0.5, 0.6) is 0 Å². The van der Waals surface area contributed by atoms with Crippen molar-refractivity contribution >= 4 is 5.91 Å². The van der Waals surface area contributed by atoms with Crippen molar-refractivity contribution in [3.05, 3.63) is 11.6 Å². The maximum Gasteiger partial charge on any atom is 0.290 e. The largest absolute Gasteiger partial charge is 0.349 e. The third-order valence-corrected chi connectivity index (χ3v) is 3.39. The molecule has 1 aromatic heterocycles. The zero-order valence-corrected chi connectivity index (χ0v) is 11.8. The van der Waals surface area contributed by atoms with Crippen LogP contribution in [0.25, 0.3) is 0 Å². The fourth-order valence-electron chi connectivity index (χ4n) is 2.22. The normalized spacial score (nSPS) is 16.2. The van der Waals surface area contributed by atoms with E-state index < -0.39 is 0 Å². The van der Waals surface area contributed by atoms with Gasteiger partial charge in [-0.3, -0.25) is 9.89 Å². The van der Waals surface area contributed by atoms with Crippen molar-refractivity contribution in [2.24, 2.45) is 0 Å². The number of carbonyl (C=O) groups is 1. The first-order valence-corrected chi connectivity index (χ1v) is 7.09. The average Bonchev–Trinajstić information content (AvgIpc) is 3.05. The molecular formula is C13H23N5O. The van der Waals surface area contributed by atoms with Gasteiger partial charge in [0.2, 0.25) is 5.82 Å². The average molecular weight is 265 g/mol. The molecule has 1 aromatic rings. The van der Waals surface area contributed by atoms with E-state index in [9.17, 15) is 4.79 Å². The van der Waals surface area contributed by atoms with Crippen LogP contribution in [0.2, 0.25) is 0 Å². The molecule has 19 heavy (non-hydrogen) atoms. The van der Waals surface area contributed by atoms with Gasteiger partial charge in [0.1, 0.15) is 5.82 Å². The summed E-state index contributed by atoms with van der Waals surface area (Å²) in [5, 5.41) is 9.59. The fourth-order valence-corrected chi connectivity index (χ4v) is 2.22. The number of hydrogen-bond donors (Lipinski definition) is 2. The second-order valence-electron chi connectivity index (χ2n) is 5.36. The predicted octanol–water partition coefficient (Wildman–Crippen LogP) is 1.14. The Balaban J connectivity index is 1.68. The highest BCUT2D eigenvalue weighted by Crippen LogP contribution is 2.08. The number of nitrogens with one attached hydrogen (secondary N) is 2. The predicted molar refractivity (Wildman–Crippen MR) is 73.1 cm³/mol. The van der Waals surface area contributed by atoms with Crippen LogP contribution < -0.4 is 5.32 Å². The number of likely N-dealkylation sites (tertiary alicyclic amines) is 1. The van der Waals surface area contributed by atoms with Gasteiger partial charge in [-0.1, -0.05) is 13.8 Å². The molecule has 0 unspecified atom stereocenters. The molecular weight excluding hydrogens is 242 g/mol. The van der Waals surface area contributed by atoms with Gasteiger partial charge in [0.15, 0.2) is 0 Å². The Hall–Kier alpha value is -1.43. The molecule has 106 valence electrons. The topological polar surface area (TPSA) is 73.9 Å². The molecule has 2 N–H and O–H groups in total. The fraction of sp³-hybridized carbons (Fsp3) is 0.769. The molecule has 1 fully saturated rings. The lowest BCUT2D eigenvalue weighted by Crippen LogP contribution is -2.29. The number of amides is 1. The summed E-state index contributed by atoms with van der Waals surface area (Å²) in [4.78, 5) is 18.4. The number of aromatic amines is 1. The molecule has 6 heteroatoms. The summed E-state index contributed by atoms with van der Waals surface area (Å²) in [5.74, 6) is 1.06. The van der Waals surface area contributed by atoms with Crippen LogP contribution in [-0.4, -0.2) is 52.2 Å². The van der Waals surface area contributed by atoms with Gasteiger partial charge in [-0.2, -0.15) is 0 Å². The summed E-state index contributed by atoms with van der Waals surface area (Å²) >= 11 is 0. The van der Waals surface area contributed by atoms with Gasteiger partial charge in [-0.15, -0.1) is 5.10 Å². The van der Waals surface area contributed by atoms with Crippen molar-refractivity contribution in [2.45, 2.75) is 39.0 Å². The Morgan fingerprint density at radius 1 is 1.42 bits per heavy atom. The van der Waals surface area contributed by atoms with E-state index in [1.165, 1.54) is 25.9 Å². The smallest absolute Gasteiger partial charge is 0.290 e. The van der Waals surface area contributed by atoms with Crippen LogP contribution in [0, 0.1) is 0 Å². The summed E-state index contributed by atoms with van der Waals surface area (Å²) < 4.78 is 0. The van der Waals surface area contributed by atoms with Crippen molar-refractivity contribution in [2.75, 3.05) is 26.2 Å². The van der Waals surface area contributed by atoms with Crippen LogP contribution >= 0.6 is 0 Å². The van der Waals surface area contributed by atoms with E-state index >= 15 is 0 Å². The Morgan fingerprint density at radius 2 is 2.16 bits per heavy atom. The maximum atomic E-state index is 11.8. The van der Waals surface area contributed by atoms with Crippen molar-refractivity contribution in [3.63, 3.8) is 0 Å². The second-order valence-corrected chi connectivity index (χ2v) is 5.36. The van der Waals surface area contributed by atoms with Gasteiger partial charge < -0.3 is 10.2 Å². The van der Waals surface area contributed by atoms with Crippen molar-refractivity contribution in [1.82, 2.24) is 25.4 Å². The van der Waals surface area contributed by atoms with Crippen molar-refractivity contribution in [3.8, 4) is 0 Å². The first-order valence-electron chi connectivity index (χ1n) is 7.09. The zero-order valence-electron chi connectivity index (χ0n) is 11.8. The highest BCUT2D eigenvalue weighted by Gasteiger charge is 2.14. The third-order valence-electron chi connectivity index (χ3n) is 3.39. The van der Waals surface area contributed by atoms with E-state index in [0.717, 1.165) is 18.8 Å². The van der Waals surface area contributed by atoms with Crippen LogP contribution in [0.4, 0.5) is 0 Å². The van der Waals surface area contributed by atoms with E-state index in [2.05, 4.69) is 25.4 Å². The Morgan fingerprint density at radius 3 is 2.79 bits per heavy atom. The second kappa shape index (κ2) is 6.65. The third kappa shape index (κ3) is 4.02. The number of hydrogen-bond acceptors (Lipinski definition) is 4. The van der Waals surface area contributed by atoms with E-state index in [0.29, 0.717) is 6.54 Å². The Kier molecular flexibility index (Phi) is 4.90. The van der Waals surface area contributed by atoms with Gasteiger partial charge in [-0.05, 0) is 38.9 Å². The van der Waals surface area contributed by atoms with E-state index in [4.69, 9.17) is 0 Å². The number of rotatable bonds is 6. The standard InChI is InChI=1S/C13H23N5O/c1-10(2)11-15-12(17-16-11)13(19)14-6-5-9-18-7-3-4-8-18/h10H,3-9H2,1-2H3,(H,14,19)(H,15,16,17). The summed E-state index contributed by atoms with van der Waals surface area (Å²) in [6.07, 6.45) is 3.59. The molecule has 0 spiro atoms. The number of H-pyrrole nitrogens is 1. The van der Waals surface area contributed by atoms with Crippen LogP contribution in [0.3, 0.4) is 0 Å². The first-order chi connectivity index (χ1) is 9.16. The number of carbonyl (C=O) groups excluding carboxylic acids is 1. The number of nitrogens with zero attached hydrogens (tertiary/aromatic N) is 3. The van der Waals surface area contributed by atoms with Gasteiger partial charge in [0.05, 0.1) is 0 Å². The lowest BCUT2D eigenvalue weighted by molar-refractivity contribution is 0.0942. The summed E-state index contributed by atoms with van der Waals surface area (Å²) in [7, 11) is 0. The minimum absolute atomic E-state index is 0.190. The van der Waals surface area contributed by atoms with Gasteiger partial charge in [0, 0.05) is 12.5 Å². The molecule has 6 nitrogen and oxygen atoms in total. The van der Waals surface area contributed by atoms with Crippen LogP contribution in [0.15, 0.2) is 0 Å². The highest BCUT2D eigenvalue weighted by molar-refractivity contribution is 5.90. The molecule has 1 aliphatic heterocycles. The molecule has 0 saturated carbocycles. The minimum atomic E-state index is -0.190. The van der Waals surface area contributed by atoms with Gasteiger partial charge >= 0.3 is 0 Å². The van der Waals surface area contributed by atoms with E-state index in [-0.39, 0.29) is 17.6 Å². The van der Waals surface area contributed by atoms with E-state index in [1.54, 1.807) is 0 Å². The summed E-state index contributed by atoms with van der Waals surface area (Å²) in [6.45, 7) is 8.17.